The van der Waals surface area contributed by atoms with E-state index >= 15 is 0 Å². The fourth-order valence-corrected chi connectivity index (χ4v) is 2.49. The molecule has 1 fully saturated rings. The predicted molar refractivity (Wildman–Crippen MR) is 72.0 cm³/mol. The maximum atomic E-state index is 12.3. The SMILES string of the molecule is NCCN1CCN(C(=O)c2cc3occc3[nH]2)CC1. The van der Waals surface area contributed by atoms with E-state index in [1.54, 1.807) is 12.3 Å². The average Bonchev–Trinajstić information content (AvgIpc) is 3.00. The predicted octanol–water partition coefficient (Wildman–Crippen LogP) is 0.477. The van der Waals surface area contributed by atoms with Crippen LogP contribution in [-0.2, 0) is 0 Å². The highest BCUT2D eigenvalue weighted by molar-refractivity contribution is 5.96. The molecule has 1 aliphatic heterocycles. The third-order valence-corrected chi connectivity index (χ3v) is 3.58. The number of fused-ring (bicyclic) bond motifs is 1. The second-order valence-electron chi connectivity index (χ2n) is 4.80. The van der Waals surface area contributed by atoms with Gasteiger partial charge >= 0.3 is 0 Å². The van der Waals surface area contributed by atoms with Gasteiger partial charge < -0.3 is 20.0 Å². The van der Waals surface area contributed by atoms with Crippen molar-refractivity contribution in [2.45, 2.75) is 0 Å². The maximum absolute atomic E-state index is 12.3. The van der Waals surface area contributed by atoms with Crippen LogP contribution in [0.2, 0.25) is 0 Å². The fourth-order valence-electron chi connectivity index (χ4n) is 2.49. The van der Waals surface area contributed by atoms with Crippen molar-refractivity contribution in [3.8, 4) is 0 Å². The smallest absolute Gasteiger partial charge is 0.270 e. The zero-order chi connectivity index (χ0) is 13.2. The van der Waals surface area contributed by atoms with Crippen LogP contribution in [0.25, 0.3) is 11.1 Å². The van der Waals surface area contributed by atoms with Crippen molar-refractivity contribution in [3.63, 3.8) is 0 Å². The second kappa shape index (κ2) is 5.07. The topological polar surface area (TPSA) is 78.5 Å². The molecule has 3 heterocycles. The van der Waals surface area contributed by atoms with Crippen LogP contribution >= 0.6 is 0 Å². The van der Waals surface area contributed by atoms with E-state index in [1.807, 2.05) is 11.0 Å². The molecule has 0 radical (unpaired) electrons. The number of hydrogen-bond donors (Lipinski definition) is 2. The summed E-state index contributed by atoms with van der Waals surface area (Å²) in [7, 11) is 0. The van der Waals surface area contributed by atoms with Gasteiger partial charge in [-0.05, 0) is 0 Å². The van der Waals surface area contributed by atoms with Gasteiger partial charge in [0.25, 0.3) is 5.91 Å². The van der Waals surface area contributed by atoms with Crippen molar-refractivity contribution >= 4 is 17.0 Å². The summed E-state index contributed by atoms with van der Waals surface area (Å²) in [6.45, 7) is 4.84. The Hall–Kier alpha value is -1.79. The normalized spacial score (nSPS) is 17.2. The number of carbonyl (C=O) groups is 1. The lowest BCUT2D eigenvalue weighted by atomic mass is 10.2. The number of rotatable bonds is 3. The quantitative estimate of drug-likeness (QED) is 0.843. The molecule has 102 valence electrons. The molecule has 6 nitrogen and oxygen atoms in total. The van der Waals surface area contributed by atoms with E-state index in [1.165, 1.54) is 0 Å². The molecule has 1 amide bonds. The van der Waals surface area contributed by atoms with Crippen molar-refractivity contribution in [1.29, 1.82) is 0 Å². The van der Waals surface area contributed by atoms with Crippen LogP contribution in [0.3, 0.4) is 0 Å². The van der Waals surface area contributed by atoms with E-state index < -0.39 is 0 Å². The lowest BCUT2D eigenvalue weighted by molar-refractivity contribution is 0.0636. The zero-order valence-corrected chi connectivity index (χ0v) is 10.8. The summed E-state index contributed by atoms with van der Waals surface area (Å²) in [6, 6.07) is 3.59. The number of piperazine rings is 1. The number of hydrogen-bond acceptors (Lipinski definition) is 4. The Labute approximate surface area is 111 Å². The number of aromatic nitrogens is 1. The molecule has 2 aromatic rings. The summed E-state index contributed by atoms with van der Waals surface area (Å²) in [5.41, 5.74) is 7.73. The third-order valence-electron chi connectivity index (χ3n) is 3.58. The fraction of sp³-hybridized carbons (Fsp3) is 0.462. The van der Waals surface area contributed by atoms with Gasteiger partial charge in [0.2, 0.25) is 0 Å². The van der Waals surface area contributed by atoms with E-state index in [9.17, 15) is 4.79 Å². The largest absolute Gasteiger partial charge is 0.463 e. The van der Waals surface area contributed by atoms with Crippen molar-refractivity contribution in [1.82, 2.24) is 14.8 Å². The Balaban J connectivity index is 1.66. The minimum Gasteiger partial charge on any atom is -0.463 e. The van der Waals surface area contributed by atoms with Crippen LogP contribution in [0.15, 0.2) is 22.8 Å². The number of carbonyl (C=O) groups excluding carboxylic acids is 1. The number of H-pyrrole nitrogens is 1. The first-order valence-electron chi connectivity index (χ1n) is 6.56. The van der Waals surface area contributed by atoms with Crippen molar-refractivity contribution in [2.75, 3.05) is 39.3 Å². The minimum atomic E-state index is 0.0406. The molecule has 3 N–H and O–H groups in total. The second-order valence-corrected chi connectivity index (χ2v) is 4.80. The van der Waals surface area contributed by atoms with Crippen LogP contribution < -0.4 is 5.73 Å². The minimum absolute atomic E-state index is 0.0406. The highest BCUT2D eigenvalue weighted by Gasteiger charge is 2.23. The van der Waals surface area contributed by atoms with Gasteiger partial charge in [-0.25, -0.2) is 0 Å². The third kappa shape index (κ3) is 2.36. The molecule has 1 saturated heterocycles. The molecule has 1 aliphatic rings. The molecule has 2 aromatic heterocycles. The highest BCUT2D eigenvalue weighted by atomic mass is 16.3. The Morgan fingerprint density at radius 2 is 2.16 bits per heavy atom. The van der Waals surface area contributed by atoms with Gasteiger partial charge in [-0.2, -0.15) is 0 Å². The molecule has 0 unspecified atom stereocenters. The number of aromatic amines is 1. The van der Waals surface area contributed by atoms with E-state index in [2.05, 4.69) is 9.88 Å². The first-order chi connectivity index (χ1) is 9.28. The van der Waals surface area contributed by atoms with Crippen LogP contribution in [0.4, 0.5) is 0 Å². The molecule has 0 aliphatic carbocycles. The Kier molecular flexibility index (Phi) is 3.27. The summed E-state index contributed by atoms with van der Waals surface area (Å²) >= 11 is 0. The first-order valence-corrected chi connectivity index (χ1v) is 6.56. The van der Waals surface area contributed by atoms with E-state index in [0.717, 1.165) is 43.8 Å². The van der Waals surface area contributed by atoms with Gasteiger partial charge in [0, 0.05) is 51.4 Å². The molecule has 0 atom stereocenters. The Morgan fingerprint density at radius 3 is 2.84 bits per heavy atom. The number of nitrogens with one attached hydrogen (secondary N) is 1. The van der Waals surface area contributed by atoms with Crippen LogP contribution in [0, 0.1) is 0 Å². The lowest BCUT2D eigenvalue weighted by Crippen LogP contribution is -2.49. The molecule has 0 bridgehead atoms. The molecule has 0 spiro atoms. The van der Waals surface area contributed by atoms with Gasteiger partial charge in [0.15, 0.2) is 5.58 Å². The first kappa shape index (κ1) is 12.3. The molecule has 19 heavy (non-hydrogen) atoms. The van der Waals surface area contributed by atoms with Crippen molar-refractivity contribution in [2.24, 2.45) is 5.73 Å². The maximum Gasteiger partial charge on any atom is 0.270 e. The highest BCUT2D eigenvalue weighted by Crippen LogP contribution is 2.17. The van der Waals surface area contributed by atoms with Gasteiger partial charge in [-0.15, -0.1) is 0 Å². The lowest BCUT2D eigenvalue weighted by Gasteiger charge is -2.34. The molecule has 3 rings (SSSR count). The van der Waals surface area contributed by atoms with Crippen molar-refractivity contribution < 1.29 is 9.21 Å². The average molecular weight is 262 g/mol. The zero-order valence-electron chi connectivity index (χ0n) is 10.8. The summed E-state index contributed by atoms with van der Waals surface area (Å²) in [5.74, 6) is 0.0406. The van der Waals surface area contributed by atoms with Gasteiger partial charge in [0.05, 0.1) is 11.8 Å². The standard InChI is InChI=1S/C13H18N4O2/c14-2-3-16-4-6-17(7-5-16)13(18)11-9-12-10(15-11)1-8-19-12/h1,8-9,15H,2-7,14H2. The van der Waals surface area contributed by atoms with Crippen LogP contribution in [0.1, 0.15) is 10.5 Å². The molecule has 6 heteroatoms. The number of nitrogens with zero attached hydrogens (tertiary/aromatic N) is 2. The van der Waals surface area contributed by atoms with Gasteiger partial charge in [0.1, 0.15) is 5.69 Å². The molecular weight excluding hydrogens is 244 g/mol. The molecule has 0 saturated carbocycles. The van der Waals surface area contributed by atoms with E-state index in [0.29, 0.717) is 12.2 Å². The molecular formula is C13H18N4O2. The molecule has 0 aromatic carbocycles. The van der Waals surface area contributed by atoms with E-state index in [4.69, 9.17) is 10.2 Å². The number of nitrogens with two attached hydrogens (primary N) is 1. The summed E-state index contributed by atoms with van der Waals surface area (Å²) < 4.78 is 5.26. The van der Waals surface area contributed by atoms with Crippen LogP contribution in [0.5, 0.6) is 0 Å². The van der Waals surface area contributed by atoms with Crippen LogP contribution in [-0.4, -0.2) is 60.0 Å². The monoisotopic (exact) mass is 262 g/mol. The number of furan rings is 1. The summed E-state index contributed by atoms with van der Waals surface area (Å²) in [6.07, 6.45) is 1.61. The van der Waals surface area contributed by atoms with Gasteiger partial charge in [-0.3, -0.25) is 9.69 Å². The van der Waals surface area contributed by atoms with Crippen molar-refractivity contribution in [3.05, 3.63) is 24.1 Å². The Bertz CT molecular complexity index is 537. The van der Waals surface area contributed by atoms with Gasteiger partial charge in [-0.1, -0.05) is 0 Å². The Morgan fingerprint density at radius 1 is 1.37 bits per heavy atom. The summed E-state index contributed by atoms with van der Waals surface area (Å²) in [5, 5.41) is 0. The van der Waals surface area contributed by atoms with E-state index in [-0.39, 0.29) is 5.91 Å². The summed E-state index contributed by atoms with van der Waals surface area (Å²) in [4.78, 5) is 19.6. The number of amides is 1.